The first kappa shape index (κ1) is 15.5. The Kier molecular flexibility index (Phi) is 5.55. The molecule has 20 heavy (non-hydrogen) atoms. The molecule has 2 unspecified atom stereocenters. The molecule has 1 aromatic carbocycles. The number of hydrogen-bond acceptors (Lipinski definition) is 2. The van der Waals surface area contributed by atoms with Gasteiger partial charge in [-0.1, -0.05) is 31.9 Å². The molecule has 1 saturated heterocycles. The van der Waals surface area contributed by atoms with Gasteiger partial charge in [-0.05, 0) is 49.9 Å². The highest BCUT2D eigenvalue weighted by molar-refractivity contribution is 5.26. The SMILES string of the molecule is CCCC1CCCCN1C(CN)c1ccc(C)c(F)c1. The quantitative estimate of drug-likeness (QED) is 0.888. The van der Waals surface area contributed by atoms with E-state index in [0.717, 1.165) is 12.1 Å². The van der Waals surface area contributed by atoms with Crippen LogP contribution >= 0.6 is 0 Å². The Bertz CT molecular complexity index is 431. The molecule has 0 bridgehead atoms. The van der Waals surface area contributed by atoms with Gasteiger partial charge < -0.3 is 5.73 Å². The number of likely N-dealkylation sites (tertiary alicyclic amines) is 1. The number of halogens is 1. The minimum atomic E-state index is -0.120. The lowest BCUT2D eigenvalue weighted by Crippen LogP contribution is -2.44. The topological polar surface area (TPSA) is 29.3 Å². The van der Waals surface area contributed by atoms with Crippen molar-refractivity contribution in [2.24, 2.45) is 5.73 Å². The number of nitrogens with two attached hydrogens (primary N) is 1. The molecule has 1 aliphatic rings. The first-order valence-electron chi connectivity index (χ1n) is 7.89. The van der Waals surface area contributed by atoms with Gasteiger partial charge in [-0.15, -0.1) is 0 Å². The van der Waals surface area contributed by atoms with Crippen molar-refractivity contribution in [3.05, 3.63) is 35.1 Å². The van der Waals surface area contributed by atoms with E-state index in [1.54, 1.807) is 13.0 Å². The van der Waals surface area contributed by atoms with E-state index in [2.05, 4.69) is 11.8 Å². The fourth-order valence-electron chi connectivity index (χ4n) is 3.36. The van der Waals surface area contributed by atoms with Gasteiger partial charge in [0.15, 0.2) is 0 Å². The van der Waals surface area contributed by atoms with Crippen LogP contribution < -0.4 is 5.73 Å². The molecule has 1 aromatic rings. The van der Waals surface area contributed by atoms with Gasteiger partial charge in [0.05, 0.1) is 0 Å². The second-order valence-electron chi connectivity index (χ2n) is 5.94. The molecule has 3 heteroatoms. The highest BCUT2D eigenvalue weighted by Crippen LogP contribution is 2.30. The maximum atomic E-state index is 13.8. The molecule has 0 aliphatic carbocycles. The lowest BCUT2D eigenvalue weighted by atomic mass is 9.93. The molecular formula is C17H27FN2. The fraction of sp³-hybridized carbons (Fsp3) is 0.647. The number of aryl methyl sites for hydroxylation is 1. The van der Waals surface area contributed by atoms with Crippen LogP contribution in [0.1, 0.15) is 56.2 Å². The number of hydrogen-bond donors (Lipinski definition) is 1. The van der Waals surface area contributed by atoms with Gasteiger partial charge in [-0.3, -0.25) is 4.90 Å². The minimum absolute atomic E-state index is 0.120. The summed E-state index contributed by atoms with van der Waals surface area (Å²) in [6.07, 6.45) is 6.19. The smallest absolute Gasteiger partial charge is 0.126 e. The molecule has 2 nitrogen and oxygen atoms in total. The van der Waals surface area contributed by atoms with Crippen molar-refractivity contribution in [2.75, 3.05) is 13.1 Å². The third-order valence-corrected chi connectivity index (χ3v) is 4.50. The van der Waals surface area contributed by atoms with Crippen LogP contribution in [0.15, 0.2) is 18.2 Å². The summed E-state index contributed by atoms with van der Waals surface area (Å²) in [7, 11) is 0. The van der Waals surface area contributed by atoms with Gasteiger partial charge in [0.1, 0.15) is 5.82 Å². The van der Waals surface area contributed by atoms with E-state index < -0.39 is 0 Å². The lowest BCUT2D eigenvalue weighted by Gasteiger charge is -2.41. The van der Waals surface area contributed by atoms with Gasteiger partial charge in [0, 0.05) is 18.6 Å². The lowest BCUT2D eigenvalue weighted by molar-refractivity contribution is 0.0911. The molecule has 2 rings (SSSR count). The van der Waals surface area contributed by atoms with E-state index in [1.165, 1.54) is 32.1 Å². The van der Waals surface area contributed by atoms with Crippen molar-refractivity contribution in [2.45, 2.75) is 58.0 Å². The Morgan fingerprint density at radius 1 is 1.40 bits per heavy atom. The average Bonchev–Trinajstić information content (AvgIpc) is 2.45. The molecule has 1 heterocycles. The van der Waals surface area contributed by atoms with E-state index in [4.69, 9.17) is 5.73 Å². The van der Waals surface area contributed by atoms with Crippen molar-refractivity contribution in [1.82, 2.24) is 4.90 Å². The van der Waals surface area contributed by atoms with Gasteiger partial charge in [-0.25, -0.2) is 4.39 Å². The molecule has 0 saturated carbocycles. The molecule has 0 amide bonds. The molecule has 2 N–H and O–H groups in total. The van der Waals surface area contributed by atoms with Crippen LogP contribution in [0.2, 0.25) is 0 Å². The monoisotopic (exact) mass is 278 g/mol. The Morgan fingerprint density at radius 2 is 2.20 bits per heavy atom. The maximum Gasteiger partial charge on any atom is 0.126 e. The van der Waals surface area contributed by atoms with Crippen LogP contribution in [0.4, 0.5) is 4.39 Å². The minimum Gasteiger partial charge on any atom is -0.329 e. The summed E-state index contributed by atoms with van der Waals surface area (Å²) in [5.41, 5.74) is 7.75. The van der Waals surface area contributed by atoms with E-state index in [9.17, 15) is 4.39 Å². The Labute approximate surface area is 122 Å². The van der Waals surface area contributed by atoms with Gasteiger partial charge in [0.25, 0.3) is 0 Å². The molecule has 0 aromatic heterocycles. The molecule has 1 fully saturated rings. The number of benzene rings is 1. The third-order valence-electron chi connectivity index (χ3n) is 4.50. The summed E-state index contributed by atoms with van der Waals surface area (Å²) >= 11 is 0. The van der Waals surface area contributed by atoms with Gasteiger partial charge in [0.2, 0.25) is 0 Å². The molecular weight excluding hydrogens is 251 g/mol. The van der Waals surface area contributed by atoms with Crippen molar-refractivity contribution < 1.29 is 4.39 Å². The van der Waals surface area contributed by atoms with E-state index in [-0.39, 0.29) is 11.9 Å². The first-order valence-corrected chi connectivity index (χ1v) is 7.89. The Hall–Kier alpha value is -0.930. The normalized spacial score (nSPS) is 21.9. The van der Waals surface area contributed by atoms with Crippen LogP contribution in [-0.2, 0) is 0 Å². The summed E-state index contributed by atoms with van der Waals surface area (Å²) in [6, 6.07) is 6.33. The maximum absolute atomic E-state index is 13.8. The van der Waals surface area contributed by atoms with Gasteiger partial charge >= 0.3 is 0 Å². The summed E-state index contributed by atoms with van der Waals surface area (Å²) in [5, 5.41) is 0. The highest BCUT2D eigenvalue weighted by Gasteiger charge is 2.28. The average molecular weight is 278 g/mol. The zero-order valence-electron chi connectivity index (χ0n) is 12.7. The second-order valence-corrected chi connectivity index (χ2v) is 5.94. The predicted molar refractivity (Wildman–Crippen MR) is 82.2 cm³/mol. The van der Waals surface area contributed by atoms with Gasteiger partial charge in [-0.2, -0.15) is 0 Å². The third kappa shape index (κ3) is 3.39. The second kappa shape index (κ2) is 7.19. The van der Waals surface area contributed by atoms with Crippen LogP contribution in [-0.4, -0.2) is 24.0 Å². The summed E-state index contributed by atoms with van der Waals surface area (Å²) in [4.78, 5) is 2.51. The van der Waals surface area contributed by atoms with Crippen LogP contribution in [0, 0.1) is 12.7 Å². The molecule has 2 atom stereocenters. The predicted octanol–water partition coefficient (Wildman–Crippen LogP) is 3.79. The van der Waals surface area contributed by atoms with Crippen molar-refractivity contribution >= 4 is 0 Å². The van der Waals surface area contributed by atoms with Crippen molar-refractivity contribution in [3.8, 4) is 0 Å². The number of rotatable bonds is 5. The summed E-state index contributed by atoms with van der Waals surface area (Å²) in [5.74, 6) is -0.120. The molecule has 112 valence electrons. The molecule has 0 radical (unpaired) electrons. The van der Waals surface area contributed by atoms with E-state index in [0.29, 0.717) is 18.2 Å². The van der Waals surface area contributed by atoms with Crippen LogP contribution in [0.5, 0.6) is 0 Å². The molecule has 0 spiro atoms. The van der Waals surface area contributed by atoms with E-state index >= 15 is 0 Å². The standard InChI is InChI=1S/C17H27FN2/c1-3-6-15-7-4-5-10-20(15)17(12-19)14-9-8-13(2)16(18)11-14/h8-9,11,15,17H,3-7,10,12,19H2,1-2H3. The van der Waals surface area contributed by atoms with Crippen molar-refractivity contribution in [3.63, 3.8) is 0 Å². The zero-order valence-corrected chi connectivity index (χ0v) is 12.7. The van der Waals surface area contributed by atoms with E-state index in [1.807, 2.05) is 12.1 Å². The summed E-state index contributed by atoms with van der Waals surface area (Å²) in [6.45, 7) is 5.68. The van der Waals surface area contributed by atoms with Crippen molar-refractivity contribution in [1.29, 1.82) is 0 Å². The Morgan fingerprint density at radius 3 is 2.85 bits per heavy atom. The van der Waals surface area contributed by atoms with Crippen LogP contribution in [0.3, 0.4) is 0 Å². The largest absolute Gasteiger partial charge is 0.329 e. The van der Waals surface area contributed by atoms with Crippen LogP contribution in [0.25, 0.3) is 0 Å². The fourth-order valence-corrected chi connectivity index (χ4v) is 3.36. The number of nitrogens with zero attached hydrogens (tertiary/aromatic N) is 1. The number of piperidine rings is 1. The molecule has 1 aliphatic heterocycles. The first-order chi connectivity index (χ1) is 9.67. The summed E-state index contributed by atoms with van der Waals surface area (Å²) < 4.78 is 13.8. The Balaban J connectivity index is 2.22. The zero-order chi connectivity index (χ0) is 14.5. The highest BCUT2D eigenvalue weighted by atomic mass is 19.1.